The van der Waals surface area contributed by atoms with Crippen LogP contribution in [-0.4, -0.2) is 9.55 Å². The van der Waals surface area contributed by atoms with E-state index in [9.17, 15) is 18.0 Å². The van der Waals surface area contributed by atoms with Crippen molar-refractivity contribution < 1.29 is 13.2 Å². The van der Waals surface area contributed by atoms with Crippen LogP contribution in [0.3, 0.4) is 0 Å². The summed E-state index contributed by atoms with van der Waals surface area (Å²) >= 11 is 1.67. The molecule has 0 saturated heterocycles. The molecule has 3 aromatic heterocycles. The molecule has 0 radical (unpaired) electrons. The third-order valence-corrected chi connectivity index (χ3v) is 6.83. The highest BCUT2D eigenvalue weighted by atomic mass is 32.1. The number of halogens is 3. The van der Waals surface area contributed by atoms with Gasteiger partial charge in [-0.2, -0.15) is 13.2 Å². The van der Waals surface area contributed by atoms with Gasteiger partial charge in [0.2, 0.25) is 0 Å². The van der Waals surface area contributed by atoms with Crippen LogP contribution < -0.4 is 5.56 Å². The van der Waals surface area contributed by atoms with Crippen molar-refractivity contribution in [3.8, 4) is 16.8 Å². The van der Waals surface area contributed by atoms with Gasteiger partial charge in [0.1, 0.15) is 0 Å². The van der Waals surface area contributed by atoms with Crippen LogP contribution in [-0.2, 0) is 6.18 Å². The standard InChI is InChI=1S/C27H15F3N2OS/c28-27(29,30)20-2-1-3-21(14-20)32-25(33)9-6-19-15-31-23-7-4-17(13-22(23)26(19)32)16-5-8-24-18(12-16)10-11-34-24/h1-15H. The maximum absolute atomic E-state index is 13.4. The van der Waals surface area contributed by atoms with E-state index < -0.39 is 17.3 Å². The van der Waals surface area contributed by atoms with Gasteiger partial charge in [0.05, 0.1) is 16.6 Å². The van der Waals surface area contributed by atoms with E-state index in [0.29, 0.717) is 21.8 Å². The molecular formula is C27H15F3N2OS. The van der Waals surface area contributed by atoms with Gasteiger partial charge in [0, 0.05) is 33.4 Å². The molecule has 0 aliphatic heterocycles. The molecule has 6 rings (SSSR count). The second-order valence-corrected chi connectivity index (χ2v) is 8.97. The number of hydrogen-bond acceptors (Lipinski definition) is 3. The predicted octanol–water partition coefficient (Wildman–Crippen LogP) is 7.44. The molecule has 0 unspecified atom stereocenters. The van der Waals surface area contributed by atoms with E-state index in [4.69, 9.17) is 0 Å². The van der Waals surface area contributed by atoms with E-state index in [1.165, 1.54) is 27.5 Å². The fourth-order valence-corrected chi connectivity index (χ4v) is 5.09. The van der Waals surface area contributed by atoms with E-state index in [-0.39, 0.29) is 5.69 Å². The number of alkyl halides is 3. The van der Waals surface area contributed by atoms with Gasteiger partial charge in [-0.3, -0.25) is 14.3 Å². The van der Waals surface area contributed by atoms with Crippen molar-refractivity contribution in [3.05, 3.63) is 106 Å². The lowest BCUT2D eigenvalue weighted by molar-refractivity contribution is -0.137. The van der Waals surface area contributed by atoms with Gasteiger partial charge in [-0.25, -0.2) is 0 Å². The average Bonchev–Trinajstić information content (AvgIpc) is 3.31. The summed E-state index contributed by atoms with van der Waals surface area (Å²) < 4.78 is 42.7. The minimum absolute atomic E-state index is 0.156. The SMILES string of the molecule is O=c1ccc2cnc3ccc(-c4ccc5sccc5c4)cc3c2n1-c1cccc(C(F)(F)F)c1. The lowest BCUT2D eigenvalue weighted by Gasteiger charge is -2.15. The molecule has 0 saturated carbocycles. The zero-order chi connectivity index (χ0) is 23.4. The molecule has 6 aromatic rings. The van der Waals surface area contributed by atoms with Gasteiger partial charge in [-0.15, -0.1) is 11.3 Å². The minimum atomic E-state index is -4.51. The monoisotopic (exact) mass is 472 g/mol. The summed E-state index contributed by atoms with van der Waals surface area (Å²) in [5, 5.41) is 4.53. The first-order valence-electron chi connectivity index (χ1n) is 10.5. The van der Waals surface area contributed by atoms with Crippen molar-refractivity contribution in [1.29, 1.82) is 0 Å². The topological polar surface area (TPSA) is 34.9 Å². The Labute approximate surface area is 195 Å². The summed E-state index contributed by atoms with van der Waals surface area (Å²) in [7, 11) is 0. The number of benzene rings is 3. The Morgan fingerprint density at radius 2 is 1.65 bits per heavy atom. The van der Waals surface area contributed by atoms with Gasteiger partial charge in [-0.1, -0.05) is 18.2 Å². The summed E-state index contributed by atoms with van der Waals surface area (Å²) in [6, 6.07) is 21.9. The van der Waals surface area contributed by atoms with Gasteiger partial charge in [-0.05, 0) is 76.5 Å². The Morgan fingerprint density at radius 1 is 0.824 bits per heavy atom. The molecule has 0 fully saturated rings. The molecule has 34 heavy (non-hydrogen) atoms. The summed E-state index contributed by atoms with van der Waals surface area (Å²) in [6.45, 7) is 0. The molecular weight excluding hydrogens is 457 g/mol. The minimum Gasteiger partial charge on any atom is -0.276 e. The summed E-state index contributed by atoms with van der Waals surface area (Å²) in [4.78, 5) is 17.5. The van der Waals surface area contributed by atoms with Gasteiger partial charge >= 0.3 is 6.18 Å². The van der Waals surface area contributed by atoms with Crippen LogP contribution in [0.5, 0.6) is 0 Å². The van der Waals surface area contributed by atoms with Crippen molar-refractivity contribution in [2.24, 2.45) is 0 Å². The van der Waals surface area contributed by atoms with Crippen LogP contribution in [0.2, 0.25) is 0 Å². The van der Waals surface area contributed by atoms with Gasteiger partial charge < -0.3 is 0 Å². The molecule has 166 valence electrons. The van der Waals surface area contributed by atoms with Crippen LogP contribution in [0.15, 0.2) is 95.2 Å². The molecule has 0 bridgehead atoms. The number of pyridine rings is 2. The lowest BCUT2D eigenvalue weighted by Crippen LogP contribution is -2.18. The van der Waals surface area contributed by atoms with Gasteiger partial charge in [0.25, 0.3) is 5.56 Å². The largest absolute Gasteiger partial charge is 0.416 e. The van der Waals surface area contributed by atoms with Crippen molar-refractivity contribution in [3.63, 3.8) is 0 Å². The molecule has 3 heterocycles. The van der Waals surface area contributed by atoms with E-state index in [1.54, 1.807) is 23.6 Å². The summed E-state index contributed by atoms with van der Waals surface area (Å²) in [5.41, 5.74) is 2.05. The van der Waals surface area contributed by atoms with E-state index >= 15 is 0 Å². The smallest absolute Gasteiger partial charge is 0.276 e. The number of rotatable bonds is 2. The van der Waals surface area contributed by atoms with Gasteiger partial charge in [0.15, 0.2) is 0 Å². The van der Waals surface area contributed by atoms with Crippen molar-refractivity contribution >= 4 is 43.2 Å². The first-order valence-corrected chi connectivity index (χ1v) is 11.4. The Kier molecular flexibility index (Phi) is 4.57. The third-order valence-electron chi connectivity index (χ3n) is 5.93. The summed E-state index contributed by atoms with van der Waals surface area (Å²) in [6.07, 6.45) is -2.88. The second kappa shape index (κ2) is 7.53. The number of nitrogens with zero attached hydrogens (tertiary/aromatic N) is 2. The lowest BCUT2D eigenvalue weighted by atomic mass is 10.0. The molecule has 0 amide bonds. The zero-order valence-corrected chi connectivity index (χ0v) is 18.3. The highest BCUT2D eigenvalue weighted by molar-refractivity contribution is 7.17. The summed E-state index contributed by atoms with van der Waals surface area (Å²) in [5.74, 6) is 0. The maximum atomic E-state index is 13.4. The molecule has 0 aliphatic carbocycles. The van der Waals surface area contributed by atoms with Crippen molar-refractivity contribution in [2.45, 2.75) is 6.18 Å². The number of fused-ring (bicyclic) bond motifs is 4. The zero-order valence-electron chi connectivity index (χ0n) is 17.5. The third kappa shape index (κ3) is 3.36. The van der Waals surface area contributed by atoms with E-state index in [1.807, 2.05) is 29.6 Å². The number of aromatic nitrogens is 2. The molecule has 7 heteroatoms. The Balaban J connectivity index is 1.65. The van der Waals surface area contributed by atoms with Crippen molar-refractivity contribution in [1.82, 2.24) is 9.55 Å². The second-order valence-electron chi connectivity index (χ2n) is 8.02. The molecule has 0 atom stereocenters. The maximum Gasteiger partial charge on any atom is 0.416 e. The fourth-order valence-electron chi connectivity index (χ4n) is 4.31. The molecule has 0 N–H and O–H groups in total. The van der Waals surface area contributed by atoms with Crippen LogP contribution in [0.25, 0.3) is 48.7 Å². The highest BCUT2D eigenvalue weighted by Crippen LogP contribution is 2.33. The Hall–Kier alpha value is -3.97. The molecule has 0 spiro atoms. The van der Waals surface area contributed by atoms with E-state index in [0.717, 1.165) is 28.6 Å². The van der Waals surface area contributed by atoms with Crippen LogP contribution >= 0.6 is 11.3 Å². The van der Waals surface area contributed by atoms with Crippen molar-refractivity contribution in [2.75, 3.05) is 0 Å². The Bertz CT molecular complexity index is 1780. The Morgan fingerprint density at radius 3 is 2.50 bits per heavy atom. The molecule has 3 aromatic carbocycles. The number of thiophene rings is 1. The number of hydrogen-bond donors (Lipinski definition) is 0. The first-order chi connectivity index (χ1) is 16.4. The normalized spacial score (nSPS) is 12.1. The molecule has 3 nitrogen and oxygen atoms in total. The van der Waals surface area contributed by atoms with E-state index in [2.05, 4.69) is 23.2 Å². The predicted molar refractivity (Wildman–Crippen MR) is 131 cm³/mol. The molecule has 0 aliphatic rings. The first kappa shape index (κ1) is 20.6. The quantitative estimate of drug-likeness (QED) is 0.246. The van der Waals surface area contributed by atoms with Crippen LogP contribution in [0, 0.1) is 0 Å². The van der Waals surface area contributed by atoms with Crippen LogP contribution in [0.4, 0.5) is 13.2 Å². The fraction of sp³-hybridized carbons (Fsp3) is 0.0370. The van der Waals surface area contributed by atoms with Crippen LogP contribution in [0.1, 0.15) is 5.56 Å². The highest BCUT2D eigenvalue weighted by Gasteiger charge is 2.30. The average molecular weight is 472 g/mol.